The predicted octanol–water partition coefficient (Wildman–Crippen LogP) is 2.69. The largest absolute Gasteiger partial charge is 0.481 e. The molecule has 0 saturated heterocycles. The van der Waals surface area contributed by atoms with Crippen LogP contribution in [0.1, 0.15) is 35.6 Å². The Labute approximate surface area is 97.3 Å². The second kappa shape index (κ2) is 5.39. The number of hydrogen-bond donors (Lipinski definition) is 1. The molecule has 0 aliphatic carbocycles. The van der Waals surface area contributed by atoms with Crippen LogP contribution in [-0.2, 0) is 17.6 Å². The van der Waals surface area contributed by atoms with E-state index in [9.17, 15) is 13.6 Å². The van der Waals surface area contributed by atoms with Gasteiger partial charge >= 0.3 is 5.97 Å². The summed E-state index contributed by atoms with van der Waals surface area (Å²) in [5.74, 6) is -1.14. The molecular formula is C12H11F2NO2. The minimum atomic E-state index is -2.77. The molecule has 1 N–H and O–H groups in total. The second-order valence-electron chi connectivity index (χ2n) is 3.56. The molecule has 0 saturated carbocycles. The highest BCUT2D eigenvalue weighted by molar-refractivity contribution is 5.72. The van der Waals surface area contributed by atoms with Gasteiger partial charge in [0.25, 0.3) is 6.43 Å². The molecule has 0 amide bonds. The van der Waals surface area contributed by atoms with E-state index in [0.29, 0.717) is 12.0 Å². The van der Waals surface area contributed by atoms with Gasteiger partial charge in [-0.1, -0.05) is 13.0 Å². The van der Waals surface area contributed by atoms with E-state index in [1.54, 1.807) is 13.0 Å². The summed E-state index contributed by atoms with van der Waals surface area (Å²) in [6.45, 7) is 1.78. The van der Waals surface area contributed by atoms with Crippen LogP contribution in [0.15, 0.2) is 12.1 Å². The van der Waals surface area contributed by atoms with E-state index in [-0.39, 0.29) is 16.7 Å². The van der Waals surface area contributed by atoms with Crippen molar-refractivity contribution < 1.29 is 18.7 Å². The zero-order chi connectivity index (χ0) is 13.0. The maximum atomic E-state index is 12.7. The van der Waals surface area contributed by atoms with Crippen LogP contribution in [0.5, 0.6) is 0 Å². The normalized spacial score (nSPS) is 10.3. The quantitative estimate of drug-likeness (QED) is 0.878. The summed E-state index contributed by atoms with van der Waals surface area (Å²) in [5, 5.41) is 17.5. The molecule has 0 unspecified atom stereocenters. The van der Waals surface area contributed by atoms with Gasteiger partial charge < -0.3 is 5.11 Å². The Morgan fingerprint density at radius 3 is 2.59 bits per heavy atom. The molecule has 0 bridgehead atoms. The molecular weight excluding hydrogens is 228 g/mol. The first-order chi connectivity index (χ1) is 7.99. The molecule has 0 spiro atoms. The first kappa shape index (κ1) is 13.1. The van der Waals surface area contributed by atoms with Crippen LogP contribution in [0.2, 0.25) is 0 Å². The number of rotatable bonds is 4. The van der Waals surface area contributed by atoms with E-state index < -0.39 is 18.8 Å². The van der Waals surface area contributed by atoms with E-state index in [4.69, 9.17) is 10.4 Å². The molecule has 0 atom stereocenters. The number of carboxylic acids is 1. The number of aryl methyl sites for hydroxylation is 1. The number of alkyl halides is 2. The van der Waals surface area contributed by atoms with Crippen molar-refractivity contribution in [1.82, 2.24) is 0 Å². The Bertz CT molecular complexity index is 478. The molecule has 5 heteroatoms. The molecule has 0 fully saturated rings. The highest BCUT2D eigenvalue weighted by Crippen LogP contribution is 2.27. The van der Waals surface area contributed by atoms with Crippen molar-refractivity contribution >= 4 is 5.97 Å². The first-order valence-electron chi connectivity index (χ1n) is 5.05. The van der Waals surface area contributed by atoms with Gasteiger partial charge in [-0.3, -0.25) is 4.79 Å². The Balaban J connectivity index is 3.40. The van der Waals surface area contributed by atoms with Crippen LogP contribution >= 0.6 is 0 Å². The van der Waals surface area contributed by atoms with Crippen LogP contribution in [0, 0.1) is 11.3 Å². The van der Waals surface area contributed by atoms with Crippen molar-refractivity contribution in [2.75, 3.05) is 0 Å². The van der Waals surface area contributed by atoms with Gasteiger partial charge in [-0.05, 0) is 23.6 Å². The average Bonchev–Trinajstić information content (AvgIpc) is 2.26. The average molecular weight is 239 g/mol. The van der Waals surface area contributed by atoms with E-state index in [1.807, 2.05) is 0 Å². The number of carbonyl (C=O) groups is 1. The molecule has 1 rings (SSSR count). The van der Waals surface area contributed by atoms with Crippen molar-refractivity contribution in [1.29, 1.82) is 5.26 Å². The van der Waals surface area contributed by atoms with Gasteiger partial charge in [0, 0.05) is 5.56 Å². The first-order valence-corrected chi connectivity index (χ1v) is 5.05. The summed E-state index contributed by atoms with van der Waals surface area (Å²) in [4.78, 5) is 10.6. The van der Waals surface area contributed by atoms with Crippen LogP contribution < -0.4 is 0 Å². The summed E-state index contributed by atoms with van der Waals surface area (Å²) in [5.41, 5.74) is 0.146. The van der Waals surface area contributed by atoms with Crippen molar-refractivity contribution in [2.45, 2.75) is 26.2 Å². The number of nitriles is 1. The van der Waals surface area contributed by atoms with Gasteiger partial charge in [-0.15, -0.1) is 0 Å². The van der Waals surface area contributed by atoms with Gasteiger partial charge in [0.15, 0.2) is 0 Å². The van der Waals surface area contributed by atoms with E-state index in [0.717, 1.165) is 0 Å². The third-order valence-corrected chi connectivity index (χ3v) is 2.41. The topological polar surface area (TPSA) is 61.1 Å². The van der Waals surface area contributed by atoms with Gasteiger partial charge in [0.2, 0.25) is 0 Å². The Morgan fingerprint density at radius 1 is 1.53 bits per heavy atom. The van der Waals surface area contributed by atoms with Crippen LogP contribution in [0.4, 0.5) is 8.78 Å². The lowest BCUT2D eigenvalue weighted by Gasteiger charge is -2.10. The van der Waals surface area contributed by atoms with Crippen molar-refractivity contribution in [2.24, 2.45) is 0 Å². The lowest BCUT2D eigenvalue weighted by molar-refractivity contribution is -0.136. The highest BCUT2D eigenvalue weighted by Gasteiger charge is 2.18. The molecule has 17 heavy (non-hydrogen) atoms. The molecule has 0 radical (unpaired) electrons. The summed E-state index contributed by atoms with van der Waals surface area (Å²) in [6.07, 6.45) is -2.68. The van der Waals surface area contributed by atoms with Crippen LogP contribution in [0.3, 0.4) is 0 Å². The lowest BCUT2D eigenvalue weighted by Crippen LogP contribution is -2.06. The summed E-state index contributed by atoms with van der Waals surface area (Å²) in [6, 6.07) is 4.42. The molecule has 0 heterocycles. The van der Waals surface area contributed by atoms with Gasteiger partial charge in [-0.2, -0.15) is 5.26 Å². The Kier molecular flexibility index (Phi) is 4.16. The number of carboxylic acid groups (broad SMARTS) is 1. The summed E-state index contributed by atoms with van der Waals surface area (Å²) in [7, 11) is 0. The van der Waals surface area contributed by atoms with Crippen molar-refractivity contribution in [3.8, 4) is 6.07 Å². The third-order valence-electron chi connectivity index (χ3n) is 2.41. The standard InChI is InChI=1S/C12H11F2NO2/c1-2-7-3-8(5-11(16)17)10(6-15)9(4-7)12(13)14/h3-4,12H,2,5H2,1H3,(H,16,17). The predicted molar refractivity (Wildman–Crippen MR) is 56.8 cm³/mol. The van der Waals surface area contributed by atoms with E-state index in [1.165, 1.54) is 12.1 Å². The molecule has 0 aromatic heterocycles. The third kappa shape index (κ3) is 3.00. The van der Waals surface area contributed by atoms with E-state index >= 15 is 0 Å². The number of halogens is 2. The van der Waals surface area contributed by atoms with Crippen molar-refractivity contribution in [3.63, 3.8) is 0 Å². The zero-order valence-corrected chi connectivity index (χ0v) is 9.20. The van der Waals surface area contributed by atoms with Gasteiger partial charge in [0.1, 0.15) is 0 Å². The smallest absolute Gasteiger partial charge is 0.307 e. The van der Waals surface area contributed by atoms with Crippen molar-refractivity contribution in [3.05, 3.63) is 34.4 Å². The fourth-order valence-electron chi connectivity index (χ4n) is 1.61. The molecule has 0 aliphatic heterocycles. The lowest BCUT2D eigenvalue weighted by atomic mass is 9.95. The number of benzene rings is 1. The molecule has 1 aromatic rings. The second-order valence-corrected chi connectivity index (χ2v) is 3.56. The molecule has 1 aromatic carbocycles. The molecule has 90 valence electrons. The number of nitrogens with zero attached hydrogens (tertiary/aromatic N) is 1. The number of aliphatic carboxylic acids is 1. The maximum Gasteiger partial charge on any atom is 0.307 e. The Hall–Kier alpha value is -1.96. The van der Waals surface area contributed by atoms with Gasteiger partial charge in [0.05, 0.1) is 18.1 Å². The molecule has 3 nitrogen and oxygen atoms in total. The fraction of sp³-hybridized carbons (Fsp3) is 0.333. The maximum absolute atomic E-state index is 12.7. The molecule has 0 aliphatic rings. The minimum absolute atomic E-state index is 0.148. The summed E-state index contributed by atoms with van der Waals surface area (Å²) >= 11 is 0. The monoisotopic (exact) mass is 239 g/mol. The zero-order valence-electron chi connectivity index (χ0n) is 9.20. The minimum Gasteiger partial charge on any atom is -0.481 e. The SMILES string of the molecule is CCc1cc(CC(=O)O)c(C#N)c(C(F)F)c1. The fourth-order valence-corrected chi connectivity index (χ4v) is 1.61. The Morgan fingerprint density at radius 2 is 2.18 bits per heavy atom. The highest BCUT2D eigenvalue weighted by atomic mass is 19.3. The summed E-state index contributed by atoms with van der Waals surface area (Å²) < 4.78 is 25.5. The van der Waals surface area contributed by atoms with Gasteiger partial charge in [-0.25, -0.2) is 8.78 Å². The van der Waals surface area contributed by atoms with E-state index in [2.05, 4.69) is 0 Å². The van der Waals surface area contributed by atoms with Crippen LogP contribution in [0.25, 0.3) is 0 Å². The number of hydrogen-bond acceptors (Lipinski definition) is 2. The van der Waals surface area contributed by atoms with Crippen LogP contribution in [-0.4, -0.2) is 11.1 Å².